The van der Waals surface area contributed by atoms with Crippen LogP contribution < -0.4 is 0 Å². The second kappa shape index (κ2) is 6.55. The van der Waals surface area contributed by atoms with Crippen molar-refractivity contribution < 1.29 is 33.6 Å². The van der Waals surface area contributed by atoms with E-state index in [1.54, 1.807) is 13.8 Å². The van der Waals surface area contributed by atoms with Gasteiger partial charge >= 0.3 is 12.1 Å². The molecule has 0 aliphatic carbocycles. The van der Waals surface area contributed by atoms with Crippen molar-refractivity contribution in [1.29, 1.82) is 0 Å². The summed E-state index contributed by atoms with van der Waals surface area (Å²) in [4.78, 5) is 21.4. The summed E-state index contributed by atoms with van der Waals surface area (Å²) in [7, 11) is 0. The molecule has 0 aromatic heterocycles. The van der Waals surface area contributed by atoms with Crippen molar-refractivity contribution in [1.82, 2.24) is 0 Å². The quantitative estimate of drug-likeness (QED) is 0.718. The van der Waals surface area contributed by atoms with Crippen LogP contribution >= 0.6 is 0 Å². The van der Waals surface area contributed by atoms with Gasteiger partial charge in [-0.1, -0.05) is 0 Å². The minimum atomic E-state index is -1.35. The molecule has 1 rings (SSSR count). The van der Waals surface area contributed by atoms with Crippen LogP contribution in [0.2, 0.25) is 0 Å². The molecule has 1 heterocycles. The van der Waals surface area contributed by atoms with Gasteiger partial charge in [0.15, 0.2) is 5.79 Å². The van der Waals surface area contributed by atoms with Gasteiger partial charge in [0.1, 0.15) is 12.7 Å². The summed E-state index contributed by atoms with van der Waals surface area (Å²) >= 11 is 0. The van der Waals surface area contributed by atoms with Gasteiger partial charge in [-0.2, -0.15) is 0 Å². The lowest BCUT2D eigenvalue weighted by Gasteiger charge is -2.22. The van der Waals surface area contributed by atoms with E-state index < -0.39 is 18.0 Å². The molecule has 18 heavy (non-hydrogen) atoms. The number of carboxylic acid groups (broad SMARTS) is 1. The monoisotopic (exact) mass is 262 g/mol. The van der Waals surface area contributed by atoms with Gasteiger partial charge in [-0.25, -0.2) is 4.79 Å². The third-order valence-electron chi connectivity index (χ3n) is 2.47. The minimum Gasteiger partial charge on any atom is -0.466 e. The Hall–Kier alpha value is -1.34. The lowest BCUT2D eigenvalue weighted by molar-refractivity contribution is -0.170. The molecule has 1 saturated heterocycles. The van der Waals surface area contributed by atoms with Gasteiger partial charge in [0.2, 0.25) is 0 Å². The van der Waals surface area contributed by atoms with Crippen molar-refractivity contribution in [2.75, 3.05) is 19.8 Å². The highest BCUT2D eigenvalue weighted by Crippen LogP contribution is 2.28. The minimum absolute atomic E-state index is 0.0790. The summed E-state index contributed by atoms with van der Waals surface area (Å²) in [5.41, 5.74) is 0. The van der Waals surface area contributed by atoms with Crippen molar-refractivity contribution in [3.63, 3.8) is 0 Å². The highest BCUT2D eigenvalue weighted by Gasteiger charge is 2.38. The number of esters is 1. The maximum absolute atomic E-state index is 11.2. The molecule has 7 nitrogen and oxygen atoms in total. The number of hydrogen-bond acceptors (Lipinski definition) is 6. The smallest absolute Gasteiger partial charge is 0.466 e. The van der Waals surface area contributed by atoms with Crippen molar-refractivity contribution in [3.8, 4) is 0 Å². The first-order valence-corrected chi connectivity index (χ1v) is 5.78. The second-order valence-corrected chi connectivity index (χ2v) is 4.07. The summed E-state index contributed by atoms with van der Waals surface area (Å²) in [5, 5.41) is 8.36. The van der Waals surface area contributed by atoms with Crippen molar-refractivity contribution in [3.05, 3.63) is 0 Å². The van der Waals surface area contributed by atoms with Crippen LogP contribution in [0, 0.1) is 0 Å². The third-order valence-corrected chi connectivity index (χ3v) is 2.47. The molecule has 2 atom stereocenters. The van der Waals surface area contributed by atoms with Crippen LogP contribution in [0.3, 0.4) is 0 Å². The van der Waals surface area contributed by atoms with Crippen LogP contribution in [0.1, 0.15) is 26.7 Å². The Kier molecular flexibility index (Phi) is 5.36. The Labute approximate surface area is 105 Å². The van der Waals surface area contributed by atoms with Crippen LogP contribution in [-0.4, -0.2) is 48.9 Å². The van der Waals surface area contributed by atoms with Crippen LogP contribution in [0.15, 0.2) is 0 Å². The molecular weight excluding hydrogens is 244 g/mol. The van der Waals surface area contributed by atoms with E-state index in [0.29, 0.717) is 13.0 Å². The van der Waals surface area contributed by atoms with Gasteiger partial charge in [-0.3, -0.25) is 4.79 Å². The number of ether oxygens (including phenoxy) is 4. The molecule has 104 valence electrons. The molecule has 7 heteroatoms. The molecule has 1 aliphatic rings. The topological polar surface area (TPSA) is 91.3 Å². The van der Waals surface area contributed by atoms with Crippen molar-refractivity contribution in [2.45, 2.75) is 38.6 Å². The first-order valence-electron chi connectivity index (χ1n) is 5.78. The molecule has 0 bridgehead atoms. The average Bonchev–Trinajstić information content (AvgIpc) is 2.67. The zero-order valence-electron chi connectivity index (χ0n) is 10.5. The molecular formula is C11H18O7. The molecule has 0 spiro atoms. The standard InChI is InChI=1S/C11H18O7/c1-3-15-9(12)4-5-11(2)17-7-8(18-11)6-16-10(13)14/h8H,3-7H2,1-2H3,(H,13,14). The van der Waals surface area contributed by atoms with Crippen molar-refractivity contribution in [2.24, 2.45) is 0 Å². The maximum atomic E-state index is 11.2. The fourth-order valence-corrected chi connectivity index (χ4v) is 1.63. The van der Waals surface area contributed by atoms with E-state index in [2.05, 4.69) is 4.74 Å². The molecule has 0 saturated carbocycles. The van der Waals surface area contributed by atoms with E-state index in [-0.39, 0.29) is 25.6 Å². The summed E-state index contributed by atoms with van der Waals surface area (Å²) in [5.74, 6) is -1.20. The van der Waals surface area contributed by atoms with E-state index in [4.69, 9.17) is 19.3 Å². The fraction of sp³-hybridized carbons (Fsp3) is 0.818. The van der Waals surface area contributed by atoms with Gasteiger partial charge in [0.05, 0.1) is 19.6 Å². The molecule has 1 fully saturated rings. The predicted molar refractivity (Wildman–Crippen MR) is 59.1 cm³/mol. The molecule has 1 aliphatic heterocycles. The van der Waals surface area contributed by atoms with E-state index in [0.717, 1.165) is 0 Å². The number of rotatable bonds is 6. The van der Waals surface area contributed by atoms with Gasteiger partial charge in [-0.05, 0) is 13.8 Å². The number of hydrogen-bond donors (Lipinski definition) is 1. The van der Waals surface area contributed by atoms with E-state index >= 15 is 0 Å². The summed E-state index contributed by atoms with van der Waals surface area (Å²) in [6.07, 6.45) is -1.24. The Morgan fingerprint density at radius 2 is 2.17 bits per heavy atom. The average molecular weight is 262 g/mol. The Morgan fingerprint density at radius 3 is 2.78 bits per heavy atom. The Balaban J connectivity index is 2.29. The van der Waals surface area contributed by atoms with Crippen LogP contribution in [0.25, 0.3) is 0 Å². The number of carbonyl (C=O) groups excluding carboxylic acids is 1. The highest BCUT2D eigenvalue weighted by atomic mass is 16.8. The lowest BCUT2D eigenvalue weighted by atomic mass is 10.2. The SMILES string of the molecule is CCOC(=O)CCC1(C)OCC(COC(=O)O)O1. The van der Waals surface area contributed by atoms with Gasteiger partial charge in [0.25, 0.3) is 0 Å². The summed E-state index contributed by atoms with van der Waals surface area (Å²) in [6.45, 7) is 3.94. The highest BCUT2D eigenvalue weighted by molar-refractivity contribution is 5.69. The van der Waals surface area contributed by atoms with E-state index in [1.807, 2.05) is 0 Å². The van der Waals surface area contributed by atoms with Gasteiger partial charge in [0, 0.05) is 6.42 Å². The molecule has 0 aromatic rings. The largest absolute Gasteiger partial charge is 0.505 e. The summed E-state index contributed by atoms with van der Waals surface area (Å²) in [6, 6.07) is 0. The fourth-order valence-electron chi connectivity index (χ4n) is 1.63. The van der Waals surface area contributed by atoms with Gasteiger partial charge in [-0.15, -0.1) is 0 Å². The molecule has 2 unspecified atom stereocenters. The van der Waals surface area contributed by atoms with Crippen LogP contribution in [0.4, 0.5) is 4.79 Å². The molecule has 0 amide bonds. The summed E-state index contributed by atoms with van der Waals surface area (Å²) < 4.78 is 20.1. The normalized spacial score (nSPS) is 26.9. The number of carbonyl (C=O) groups is 2. The Morgan fingerprint density at radius 1 is 1.44 bits per heavy atom. The van der Waals surface area contributed by atoms with Gasteiger partial charge < -0.3 is 24.1 Å². The molecule has 1 N–H and O–H groups in total. The zero-order chi connectivity index (χ0) is 13.6. The molecule has 0 radical (unpaired) electrons. The lowest BCUT2D eigenvalue weighted by Crippen LogP contribution is -2.29. The maximum Gasteiger partial charge on any atom is 0.505 e. The van der Waals surface area contributed by atoms with E-state index in [1.165, 1.54) is 0 Å². The van der Waals surface area contributed by atoms with Crippen LogP contribution in [0.5, 0.6) is 0 Å². The van der Waals surface area contributed by atoms with Crippen molar-refractivity contribution >= 4 is 12.1 Å². The first kappa shape index (κ1) is 14.7. The van der Waals surface area contributed by atoms with E-state index in [9.17, 15) is 9.59 Å². The second-order valence-electron chi connectivity index (χ2n) is 4.07. The first-order chi connectivity index (χ1) is 8.45. The Bertz CT molecular complexity index is 304. The zero-order valence-corrected chi connectivity index (χ0v) is 10.5. The van der Waals surface area contributed by atoms with Crippen LogP contribution in [-0.2, 0) is 23.7 Å². The third kappa shape index (κ3) is 4.89. The predicted octanol–water partition coefficient (Wildman–Crippen LogP) is 1.16. The molecule has 0 aromatic carbocycles.